The third-order valence-electron chi connectivity index (χ3n) is 1.74. The van der Waals surface area contributed by atoms with Gasteiger partial charge in [0.05, 0.1) is 5.60 Å². The second-order valence-corrected chi connectivity index (χ2v) is 4.50. The van der Waals surface area contributed by atoms with Gasteiger partial charge in [0.25, 0.3) is 0 Å². The van der Waals surface area contributed by atoms with Crippen LogP contribution in [0.1, 0.15) is 27.7 Å². The van der Waals surface area contributed by atoms with Crippen LogP contribution < -0.4 is 0 Å². The van der Waals surface area contributed by atoms with Crippen molar-refractivity contribution >= 4 is 7.82 Å². The molecule has 0 bridgehead atoms. The first kappa shape index (κ1) is 11.1. The summed E-state index contributed by atoms with van der Waals surface area (Å²) in [7, 11) is -4.34. The van der Waals surface area contributed by atoms with Gasteiger partial charge in [-0.25, -0.2) is 4.57 Å². The normalized spacial score (nSPS) is 14.1. The Morgan fingerprint density at radius 1 is 1.36 bits per heavy atom. The van der Waals surface area contributed by atoms with Crippen LogP contribution in [0.25, 0.3) is 0 Å². The van der Waals surface area contributed by atoms with Crippen LogP contribution in [0.5, 0.6) is 0 Å². The van der Waals surface area contributed by atoms with Crippen LogP contribution in [0.3, 0.4) is 0 Å². The van der Waals surface area contributed by atoms with Crippen LogP contribution in [-0.4, -0.2) is 15.4 Å². The Morgan fingerprint density at radius 2 is 1.73 bits per heavy atom. The first-order valence-corrected chi connectivity index (χ1v) is 4.94. The Hall–Kier alpha value is 0.110. The summed E-state index contributed by atoms with van der Waals surface area (Å²) in [5.74, 6) is 0.0649. The maximum absolute atomic E-state index is 10.4. The predicted octanol–water partition coefficient (Wildman–Crippen LogP) is 1.53. The van der Waals surface area contributed by atoms with Crippen LogP contribution in [0.2, 0.25) is 0 Å². The van der Waals surface area contributed by atoms with Gasteiger partial charge in [0.2, 0.25) is 0 Å². The highest BCUT2D eigenvalue weighted by Crippen LogP contribution is 2.43. The molecule has 0 amide bonds. The lowest BCUT2D eigenvalue weighted by atomic mass is 9.95. The third-order valence-corrected chi connectivity index (χ3v) is 2.45. The number of phosphoric ester groups is 1. The van der Waals surface area contributed by atoms with E-state index in [-0.39, 0.29) is 5.92 Å². The molecule has 5 heteroatoms. The fourth-order valence-corrected chi connectivity index (χ4v) is 1.24. The molecule has 0 aliphatic heterocycles. The standard InChI is InChI=1S/C6H15O4P/c1-5(2)6(3,4)10-11(7,8)9/h5H,1-4H3,(H2,7,8,9). The number of hydrogen-bond acceptors (Lipinski definition) is 2. The molecule has 0 rings (SSSR count). The van der Waals surface area contributed by atoms with E-state index in [1.54, 1.807) is 13.8 Å². The molecule has 0 saturated carbocycles. The van der Waals surface area contributed by atoms with Gasteiger partial charge in [0.1, 0.15) is 0 Å². The number of phosphoric acid groups is 1. The predicted molar refractivity (Wildman–Crippen MR) is 42.0 cm³/mol. The van der Waals surface area contributed by atoms with E-state index in [4.69, 9.17) is 9.79 Å². The first-order valence-electron chi connectivity index (χ1n) is 3.41. The van der Waals surface area contributed by atoms with Crippen molar-refractivity contribution in [3.05, 3.63) is 0 Å². The molecular weight excluding hydrogens is 167 g/mol. The summed E-state index contributed by atoms with van der Waals surface area (Å²) in [4.78, 5) is 17.0. The summed E-state index contributed by atoms with van der Waals surface area (Å²) < 4.78 is 15.0. The van der Waals surface area contributed by atoms with Crippen molar-refractivity contribution in [3.8, 4) is 0 Å². The Labute approximate surface area is 66.8 Å². The highest BCUT2D eigenvalue weighted by molar-refractivity contribution is 7.46. The van der Waals surface area contributed by atoms with Crippen molar-refractivity contribution in [2.24, 2.45) is 5.92 Å². The van der Waals surface area contributed by atoms with E-state index in [1.807, 2.05) is 13.8 Å². The van der Waals surface area contributed by atoms with Gasteiger partial charge in [-0.1, -0.05) is 13.8 Å². The molecule has 0 atom stereocenters. The zero-order valence-electron chi connectivity index (χ0n) is 7.24. The summed E-state index contributed by atoms with van der Waals surface area (Å²) in [6, 6.07) is 0. The summed E-state index contributed by atoms with van der Waals surface area (Å²) in [5, 5.41) is 0. The minimum Gasteiger partial charge on any atom is -0.303 e. The highest BCUT2D eigenvalue weighted by Gasteiger charge is 2.31. The molecule has 11 heavy (non-hydrogen) atoms. The zero-order chi connectivity index (χ0) is 9.28. The Morgan fingerprint density at radius 3 is 1.82 bits per heavy atom. The van der Waals surface area contributed by atoms with Gasteiger partial charge in [-0.2, -0.15) is 0 Å². The Bertz CT molecular complexity index is 169. The first-order chi connectivity index (χ1) is 4.65. The third kappa shape index (κ3) is 4.53. The number of hydrogen-bond donors (Lipinski definition) is 2. The second-order valence-electron chi connectivity index (χ2n) is 3.34. The summed E-state index contributed by atoms with van der Waals surface area (Å²) in [6.45, 7) is 6.98. The van der Waals surface area contributed by atoms with Gasteiger partial charge in [-0.3, -0.25) is 4.52 Å². The zero-order valence-corrected chi connectivity index (χ0v) is 8.13. The van der Waals surface area contributed by atoms with Gasteiger partial charge in [-0.05, 0) is 19.8 Å². The lowest BCUT2D eigenvalue weighted by molar-refractivity contribution is 0.0270. The summed E-state index contributed by atoms with van der Waals surface area (Å²) in [6.07, 6.45) is 0. The molecule has 4 nitrogen and oxygen atoms in total. The Kier molecular flexibility index (Phi) is 3.27. The molecule has 0 aromatic rings. The van der Waals surface area contributed by atoms with E-state index in [9.17, 15) is 4.57 Å². The van der Waals surface area contributed by atoms with Gasteiger partial charge >= 0.3 is 7.82 Å². The summed E-state index contributed by atoms with van der Waals surface area (Å²) >= 11 is 0. The molecule has 0 aromatic carbocycles. The smallest absolute Gasteiger partial charge is 0.303 e. The van der Waals surface area contributed by atoms with Crippen molar-refractivity contribution in [1.29, 1.82) is 0 Å². The minimum absolute atomic E-state index is 0.0649. The van der Waals surface area contributed by atoms with Gasteiger partial charge in [-0.15, -0.1) is 0 Å². The van der Waals surface area contributed by atoms with Crippen LogP contribution in [0, 0.1) is 5.92 Å². The molecule has 0 aliphatic carbocycles. The van der Waals surface area contributed by atoms with Gasteiger partial charge in [0, 0.05) is 0 Å². The average molecular weight is 182 g/mol. The molecular formula is C6H15O4P. The maximum atomic E-state index is 10.4. The van der Waals surface area contributed by atoms with E-state index >= 15 is 0 Å². The molecule has 0 radical (unpaired) electrons. The lowest BCUT2D eigenvalue weighted by Crippen LogP contribution is -2.29. The molecule has 0 aliphatic rings. The number of rotatable bonds is 3. The highest BCUT2D eigenvalue weighted by atomic mass is 31.2. The molecule has 0 spiro atoms. The maximum Gasteiger partial charge on any atom is 0.470 e. The van der Waals surface area contributed by atoms with Crippen molar-refractivity contribution in [3.63, 3.8) is 0 Å². The van der Waals surface area contributed by atoms with Crippen LogP contribution in [-0.2, 0) is 9.09 Å². The van der Waals surface area contributed by atoms with E-state index in [2.05, 4.69) is 4.52 Å². The molecule has 68 valence electrons. The topological polar surface area (TPSA) is 66.8 Å². The molecule has 2 N–H and O–H groups in total. The SMILES string of the molecule is CC(C)C(C)(C)OP(=O)(O)O. The summed E-state index contributed by atoms with van der Waals surface area (Å²) in [5.41, 5.74) is -0.779. The molecule has 0 aromatic heterocycles. The van der Waals surface area contributed by atoms with E-state index in [0.29, 0.717) is 0 Å². The molecule has 0 saturated heterocycles. The van der Waals surface area contributed by atoms with Crippen LogP contribution in [0.15, 0.2) is 0 Å². The van der Waals surface area contributed by atoms with Crippen molar-refractivity contribution in [2.75, 3.05) is 0 Å². The second kappa shape index (κ2) is 3.23. The van der Waals surface area contributed by atoms with Gasteiger partial charge in [0.15, 0.2) is 0 Å². The van der Waals surface area contributed by atoms with Crippen LogP contribution in [0.4, 0.5) is 0 Å². The minimum atomic E-state index is -4.34. The lowest BCUT2D eigenvalue weighted by Gasteiger charge is -2.29. The van der Waals surface area contributed by atoms with Crippen molar-refractivity contribution in [2.45, 2.75) is 33.3 Å². The van der Waals surface area contributed by atoms with Crippen LogP contribution >= 0.6 is 7.82 Å². The van der Waals surface area contributed by atoms with E-state index in [0.717, 1.165) is 0 Å². The van der Waals surface area contributed by atoms with Crippen molar-refractivity contribution in [1.82, 2.24) is 0 Å². The van der Waals surface area contributed by atoms with Gasteiger partial charge < -0.3 is 9.79 Å². The van der Waals surface area contributed by atoms with Crippen molar-refractivity contribution < 1.29 is 18.9 Å². The fraction of sp³-hybridized carbons (Fsp3) is 1.00. The average Bonchev–Trinajstić information content (AvgIpc) is 1.56. The molecule has 0 fully saturated rings. The Balaban J connectivity index is 4.25. The fourth-order valence-electron chi connectivity index (χ4n) is 0.412. The van der Waals surface area contributed by atoms with E-state index < -0.39 is 13.4 Å². The largest absolute Gasteiger partial charge is 0.470 e. The monoisotopic (exact) mass is 182 g/mol. The van der Waals surface area contributed by atoms with E-state index in [1.165, 1.54) is 0 Å². The molecule has 0 unspecified atom stereocenters. The quantitative estimate of drug-likeness (QED) is 0.649. The molecule has 0 heterocycles.